The first-order valence-corrected chi connectivity index (χ1v) is 6.52. The normalized spacial score (nSPS) is 10.1. The molecule has 0 unspecified atom stereocenters. The van der Waals surface area contributed by atoms with Crippen molar-refractivity contribution in [1.29, 1.82) is 0 Å². The number of hydrogen-bond donors (Lipinski definition) is 2. The van der Waals surface area contributed by atoms with Crippen LogP contribution in [-0.4, -0.2) is 22.3 Å². The summed E-state index contributed by atoms with van der Waals surface area (Å²) in [5.41, 5.74) is 1.58. The van der Waals surface area contributed by atoms with Crippen molar-refractivity contribution in [3.63, 3.8) is 0 Å². The number of para-hydroxylation sites is 1. The van der Waals surface area contributed by atoms with Crippen molar-refractivity contribution in [2.45, 2.75) is 4.90 Å². The molecule has 0 saturated carbocycles. The first-order chi connectivity index (χ1) is 8.72. The predicted octanol–water partition coefficient (Wildman–Crippen LogP) is 3.25. The maximum absolute atomic E-state index is 11.1. The van der Waals surface area contributed by atoms with Crippen LogP contribution in [0.4, 0.5) is 11.4 Å². The van der Waals surface area contributed by atoms with Crippen LogP contribution in [0.15, 0.2) is 47.6 Å². The van der Waals surface area contributed by atoms with E-state index in [9.17, 15) is 4.79 Å². The van der Waals surface area contributed by atoms with E-state index < -0.39 is 5.97 Å². The Bertz CT molecular complexity index is 572. The van der Waals surface area contributed by atoms with Crippen LogP contribution < -0.4 is 5.32 Å². The van der Waals surface area contributed by atoms with Gasteiger partial charge in [0.25, 0.3) is 0 Å². The van der Waals surface area contributed by atoms with Gasteiger partial charge >= 0.3 is 5.97 Å². The molecule has 92 valence electrons. The van der Waals surface area contributed by atoms with E-state index in [1.165, 1.54) is 18.5 Å². The summed E-state index contributed by atoms with van der Waals surface area (Å²) in [5, 5.41) is 12.2. The van der Waals surface area contributed by atoms with Crippen LogP contribution in [0.5, 0.6) is 0 Å². The molecule has 0 atom stereocenters. The Kier molecular flexibility index (Phi) is 3.84. The van der Waals surface area contributed by atoms with Gasteiger partial charge in [-0.3, -0.25) is 4.98 Å². The molecule has 2 aromatic rings. The molecule has 1 aromatic carbocycles. The van der Waals surface area contributed by atoms with Gasteiger partial charge in [0, 0.05) is 11.1 Å². The molecule has 2 rings (SSSR count). The fraction of sp³-hybridized carbons (Fsp3) is 0.0769. The lowest BCUT2D eigenvalue weighted by atomic mass is 10.2. The lowest BCUT2D eigenvalue weighted by Crippen LogP contribution is -2.03. The van der Waals surface area contributed by atoms with Gasteiger partial charge in [-0.05, 0) is 24.5 Å². The van der Waals surface area contributed by atoms with Crippen LogP contribution in [0.3, 0.4) is 0 Å². The Morgan fingerprint density at radius 2 is 2.06 bits per heavy atom. The molecule has 18 heavy (non-hydrogen) atoms. The molecule has 0 saturated heterocycles. The third-order valence-corrected chi connectivity index (χ3v) is 3.22. The number of carbonyl (C=O) groups is 1. The third kappa shape index (κ3) is 2.62. The molecular weight excluding hydrogens is 248 g/mol. The first kappa shape index (κ1) is 12.4. The predicted molar refractivity (Wildman–Crippen MR) is 72.7 cm³/mol. The number of pyridine rings is 1. The van der Waals surface area contributed by atoms with E-state index in [1.54, 1.807) is 11.8 Å². The van der Waals surface area contributed by atoms with Crippen LogP contribution in [0.25, 0.3) is 0 Å². The number of carboxylic acids is 1. The molecule has 2 N–H and O–H groups in total. The van der Waals surface area contributed by atoms with Crippen molar-refractivity contribution in [1.82, 2.24) is 4.98 Å². The van der Waals surface area contributed by atoms with E-state index in [0.717, 1.165) is 10.6 Å². The zero-order valence-electron chi connectivity index (χ0n) is 9.75. The van der Waals surface area contributed by atoms with E-state index in [0.29, 0.717) is 5.69 Å². The van der Waals surface area contributed by atoms with E-state index in [1.807, 2.05) is 30.5 Å². The smallest absolute Gasteiger partial charge is 0.337 e. The Balaban J connectivity index is 2.37. The Morgan fingerprint density at radius 3 is 2.78 bits per heavy atom. The minimum atomic E-state index is -0.971. The second kappa shape index (κ2) is 5.55. The van der Waals surface area contributed by atoms with Crippen molar-refractivity contribution in [2.24, 2.45) is 0 Å². The molecule has 0 amide bonds. The maximum Gasteiger partial charge on any atom is 0.337 e. The van der Waals surface area contributed by atoms with Gasteiger partial charge in [0.2, 0.25) is 0 Å². The summed E-state index contributed by atoms with van der Waals surface area (Å²) in [4.78, 5) is 16.1. The minimum Gasteiger partial charge on any atom is -0.478 e. The van der Waals surface area contributed by atoms with Crippen LogP contribution in [-0.2, 0) is 0 Å². The fourth-order valence-corrected chi connectivity index (χ4v) is 2.13. The van der Waals surface area contributed by atoms with Crippen LogP contribution in [0, 0.1) is 0 Å². The van der Waals surface area contributed by atoms with Gasteiger partial charge in [0.05, 0.1) is 23.1 Å². The largest absolute Gasteiger partial charge is 0.478 e. The topological polar surface area (TPSA) is 62.2 Å². The van der Waals surface area contributed by atoms with Crippen LogP contribution in [0.2, 0.25) is 0 Å². The van der Waals surface area contributed by atoms with Crippen LogP contribution >= 0.6 is 11.8 Å². The molecule has 0 aliphatic rings. The molecule has 0 fully saturated rings. The Labute approximate surface area is 109 Å². The maximum atomic E-state index is 11.1. The Morgan fingerprint density at radius 1 is 1.28 bits per heavy atom. The lowest BCUT2D eigenvalue weighted by Gasteiger charge is -2.11. The summed E-state index contributed by atoms with van der Waals surface area (Å²) >= 11 is 1.60. The van der Waals surface area contributed by atoms with Crippen molar-refractivity contribution >= 4 is 29.1 Å². The van der Waals surface area contributed by atoms with Gasteiger partial charge in [-0.25, -0.2) is 4.79 Å². The van der Waals surface area contributed by atoms with Gasteiger partial charge in [0.1, 0.15) is 0 Å². The lowest BCUT2D eigenvalue weighted by molar-refractivity contribution is 0.0698. The second-order valence-corrected chi connectivity index (χ2v) is 4.40. The van der Waals surface area contributed by atoms with Gasteiger partial charge in [0.15, 0.2) is 0 Å². The summed E-state index contributed by atoms with van der Waals surface area (Å²) in [6.07, 6.45) is 4.96. The van der Waals surface area contributed by atoms with E-state index >= 15 is 0 Å². The zero-order chi connectivity index (χ0) is 13.0. The Hall–Kier alpha value is -2.01. The van der Waals surface area contributed by atoms with Gasteiger partial charge in [-0.2, -0.15) is 0 Å². The van der Waals surface area contributed by atoms with Crippen LogP contribution in [0.1, 0.15) is 10.4 Å². The average molecular weight is 260 g/mol. The fourth-order valence-electron chi connectivity index (χ4n) is 1.57. The standard InChI is InChI=1S/C13H12N2O2S/c1-18-12-5-3-2-4-10(12)15-11-8-14-7-6-9(11)13(16)17/h2-8,15H,1H3,(H,16,17). The van der Waals surface area contributed by atoms with E-state index in [2.05, 4.69) is 10.3 Å². The molecule has 4 nitrogen and oxygen atoms in total. The van der Waals surface area contributed by atoms with Gasteiger partial charge < -0.3 is 10.4 Å². The quantitative estimate of drug-likeness (QED) is 0.826. The molecule has 1 heterocycles. The van der Waals surface area contributed by atoms with Crippen molar-refractivity contribution in [3.05, 3.63) is 48.3 Å². The number of anilines is 2. The molecule has 0 radical (unpaired) electrons. The summed E-state index contributed by atoms with van der Waals surface area (Å²) in [7, 11) is 0. The highest BCUT2D eigenvalue weighted by Gasteiger charge is 2.10. The number of carboxylic acid groups (broad SMARTS) is 1. The molecule has 0 aliphatic heterocycles. The van der Waals surface area contributed by atoms with Gasteiger partial charge in [-0.1, -0.05) is 12.1 Å². The van der Waals surface area contributed by atoms with Crippen molar-refractivity contribution in [2.75, 3.05) is 11.6 Å². The summed E-state index contributed by atoms with van der Waals surface area (Å²) < 4.78 is 0. The molecule has 0 aliphatic carbocycles. The number of benzene rings is 1. The van der Waals surface area contributed by atoms with E-state index in [-0.39, 0.29) is 5.56 Å². The number of nitrogens with one attached hydrogen (secondary N) is 1. The van der Waals surface area contributed by atoms with Gasteiger partial charge in [-0.15, -0.1) is 11.8 Å². The molecular formula is C13H12N2O2S. The number of nitrogens with zero attached hydrogens (tertiary/aromatic N) is 1. The number of aromatic nitrogens is 1. The number of rotatable bonds is 4. The monoisotopic (exact) mass is 260 g/mol. The first-order valence-electron chi connectivity index (χ1n) is 5.29. The molecule has 0 bridgehead atoms. The summed E-state index contributed by atoms with van der Waals surface area (Å²) in [5.74, 6) is -0.971. The summed E-state index contributed by atoms with van der Waals surface area (Å²) in [6, 6.07) is 9.21. The SMILES string of the molecule is CSc1ccccc1Nc1cnccc1C(=O)O. The average Bonchev–Trinajstić information content (AvgIpc) is 2.40. The zero-order valence-corrected chi connectivity index (χ0v) is 10.6. The number of hydrogen-bond acceptors (Lipinski definition) is 4. The van der Waals surface area contributed by atoms with Crippen molar-refractivity contribution in [3.8, 4) is 0 Å². The molecule has 5 heteroatoms. The second-order valence-electron chi connectivity index (χ2n) is 3.55. The minimum absolute atomic E-state index is 0.209. The number of aromatic carboxylic acids is 1. The number of thioether (sulfide) groups is 1. The molecule has 1 aromatic heterocycles. The summed E-state index contributed by atoms with van der Waals surface area (Å²) in [6.45, 7) is 0. The molecule has 0 spiro atoms. The highest BCUT2D eigenvalue weighted by atomic mass is 32.2. The van der Waals surface area contributed by atoms with Crippen molar-refractivity contribution < 1.29 is 9.90 Å². The highest BCUT2D eigenvalue weighted by molar-refractivity contribution is 7.98. The third-order valence-electron chi connectivity index (χ3n) is 2.43. The highest BCUT2D eigenvalue weighted by Crippen LogP contribution is 2.28. The van der Waals surface area contributed by atoms with E-state index in [4.69, 9.17) is 5.11 Å².